The van der Waals surface area contributed by atoms with E-state index in [4.69, 9.17) is 5.73 Å². The van der Waals surface area contributed by atoms with Crippen molar-refractivity contribution in [1.82, 2.24) is 0 Å². The van der Waals surface area contributed by atoms with Gasteiger partial charge >= 0.3 is 0 Å². The molecule has 2 rings (SSSR count). The fourth-order valence-electron chi connectivity index (χ4n) is 2.15. The number of rotatable bonds is 3. The van der Waals surface area contributed by atoms with E-state index in [-0.39, 0.29) is 22.7 Å². The van der Waals surface area contributed by atoms with Gasteiger partial charge in [0.1, 0.15) is 5.69 Å². The highest BCUT2D eigenvalue weighted by molar-refractivity contribution is 9.10. The second-order valence-corrected chi connectivity index (χ2v) is 5.18. The molecule has 1 aromatic rings. The van der Waals surface area contributed by atoms with Crippen molar-refractivity contribution < 1.29 is 4.92 Å². The van der Waals surface area contributed by atoms with Crippen LogP contribution in [0.4, 0.5) is 11.4 Å². The molecule has 2 atom stereocenters. The van der Waals surface area contributed by atoms with Gasteiger partial charge in [-0.25, -0.2) is 0 Å². The molecule has 1 fully saturated rings. The zero-order valence-electron chi connectivity index (χ0n) is 9.23. The van der Waals surface area contributed by atoms with Gasteiger partial charge in [-0.05, 0) is 31.4 Å². The molecule has 2 unspecified atom stereocenters. The predicted octanol–water partition coefficient (Wildman–Crippen LogP) is 2.65. The second kappa shape index (κ2) is 5.01. The molecule has 92 valence electrons. The minimum atomic E-state index is -0.380. The van der Waals surface area contributed by atoms with Crippen molar-refractivity contribution in [2.75, 3.05) is 5.32 Å². The lowest BCUT2D eigenvalue weighted by Crippen LogP contribution is -2.35. The summed E-state index contributed by atoms with van der Waals surface area (Å²) in [7, 11) is 0. The highest BCUT2D eigenvalue weighted by Gasteiger charge is 2.26. The number of nitrogens with one attached hydrogen (secondary N) is 1. The number of nitrogens with zero attached hydrogens (tertiary/aromatic N) is 1. The van der Waals surface area contributed by atoms with Crippen LogP contribution < -0.4 is 11.1 Å². The molecule has 0 spiro atoms. The van der Waals surface area contributed by atoms with Crippen LogP contribution in [-0.2, 0) is 0 Å². The van der Waals surface area contributed by atoms with Crippen LogP contribution in [-0.4, -0.2) is 17.0 Å². The Morgan fingerprint density at radius 2 is 2.24 bits per heavy atom. The van der Waals surface area contributed by atoms with E-state index in [2.05, 4.69) is 21.2 Å². The van der Waals surface area contributed by atoms with E-state index in [1.165, 1.54) is 6.07 Å². The van der Waals surface area contributed by atoms with Crippen molar-refractivity contribution in [3.05, 3.63) is 32.8 Å². The molecular weight excluding hydrogens is 286 g/mol. The molecule has 0 amide bonds. The molecule has 6 heteroatoms. The number of nitro groups is 1. The maximum Gasteiger partial charge on any atom is 0.292 e. The molecule has 1 aromatic carbocycles. The minimum Gasteiger partial charge on any atom is -0.375 e. The number of nitro benzene ring substituents is 1. The van der Waals surface area contributed by atoms with E-state index in [0.717, 1.165) is 23.7 Å². The van der Waals surface area contributed by atoms with E-state index in [1.807, 2.05) is 0 Å². The van der Waals surface area contributed by atoms with E-state index in [1.54, 1.807) is 12.1 Å². The van der Waals surface area contributed by atoms with Gasteiger partial charge in [0.15, 0.2) is 0 Å². The standard InChI is InChI=1S/C11H14BrN3O2/c12-7-4-5-11(15(16)17)10(6-7)14-9-3-1-2-8(9)13/h4-6,8-9,14H,1-3,13H2. The topological polar surface area (TPSA) is 81.2 Å². The van der Waals surface area contributed by atoms with Crippen LogP contribution in [0.1, 0.15) is 19.3 Å². The smallest absolute Gasteiger partial charge is 0.292 e. The average Bonchev–Trinajstić information content (AvgIpc) is 2.64. The van der Waals surface area contributed by atoms with Crippen LogP contribution in [0.5, 0.6) is 0 Å². The zero-order valence-corrected chi connectivity index (χ0v) is 10.8. The molecule has 1 aliphatic carbocycles. The molecule has 1 aliphatic rings. The highest BCUT2D eigenvalue weighted by atomic mass is 79.9. The number of nitrogens with two attached hydrogens (primary N) is 1. The van der Waals surface area contributed by atoms with Gasteiger partial charge in [0.05, 0.1) is 4.92 Å². The third kappa shape index (κ3) is 2.76. The lowest BCUT2D eigenvalue weighted by molar-refractivity contribution is -0.384. The first-order valence-electron chi connectivity index (χ1n) is 5.54. The monoisotopic (exact) mass is 299 g/mol. The molecule has 0 heterocycles. The van der Waals surface area contributed by atoms with Gasteiger partial charge in [-0.3, -0.25) is 10.1 Å². The highest BCUT2D eigenvalue weighted by Crippen LogP contribution is 2.30. The molecule has 0 saturated heterocycles. The summed E-state index contributed by atoms with van der Waals surface area (Å²) in [6.07, 6.45) is 3.00. The quantitative estimate of drug-likeness (QED) is 0.664. The SMILES string of the molecule is NC1CCCC1Nc1cc(Br)ccc1[N+](=O)[O-]. The molecule has 1 saturated carbocycles. The predicted molar refractivity (Wildman–Crippen MR) is 70.0 cm³/mol. The van der Waals surface area contributed by atoms with E-state index in [0.29, 0.717) is 5.69 Å². The summed E-state index contributed by atoms with van der Waals surface area (Å²) in [5, 5.41) is 14.1. The van der Waals surface area contributed by atoms with Crippen LogP contribution in [0, 0.1) is 10.1 Å². The summed E-state index contributed by atoms with van der Waals surface area (Å²) < 4.78 is 0.817. The van der Waals surface area contributed by atoms with Gasteiger partial charge in [0.2, 0.25) is 0 Å². The summed E-state index contributed by atoms with van der Waals surface area (Å²) in [4.78, 5) is 10.5. The molecule has 17 heavy (non-hydrogen) atoms. The maximum atomic E-state index is 10.9. The molecule has 0 radical (unpaired) electrons. The number of hydrogen-bond acceptors (Lipinski definition) is 4. The fourth-order valence-corrected chi connectivity index (χ4v) is 2.51. The van der Waals surface area contributed by atoms with Gasteiger partial charge in [-0.1, -0.05) is 15.9 Å². The van der Waals surface area contributed by atoms with Crippen molar-refractivity contribution in [3.63, 3.8) is 0 Å². The Morgan fingerprint density at radius 1 is 1.47 bits per heavy atom. The third-order valence-electron chi connectivity index (χ3n) is 3.07. The van der Waals surface area contributed by atoms with Crippen molar-refractivity contribution in [2.45, 2.75) is 31.3 Å². The van der Waals surface area contributed by atoms with Crippen LogP contribution in [0.15, 0.2) is 22.7 Å². The minimum absolute atomic E-state index is 0.0774. The summed E-state index contributed by atoms with van der Waals surface area (Å²) in [5.41, 5.74) is 6.57. The van der Waals surface area contributed by atoms with Crippen molar-refractivity contribution >= 4 is 27.3 Å². The molecule has 5 nitrogen and oxygen atoms in total. The van der Waals surface area contributed by atoms with Crippen molar-refractivity contribution in [3.8, 4) is 0 Å². The first kappa shape index (κ1) is 12.3. The largest absolute Gasteiger partial charge is 0.375 e. The fraction of sp³-hybridized carbons (Fsp3) is 0.455. The number of anilines is 1. The Bertz CT molecular complexity index is 439. The number of hydrogen-bond donors (Lipinski definition) is 2. The summed E-state index contributed by atoms with van der Waals surface area (Å²) >= 11 is 3.32. The molecule has 0 aliphatic heterocycles. The Kier molecular flexibility index (Phi) is 3.63. The molecule has 3 N–H and O–H groups in total. The Hall–Kier alpha value is -1.14. The number of benzene rings is 1. The molecule has 0 aromatic heterocycles. The summed E-state index contributed by atoms with van der Waals surface area (Å²) in [5.74, 6) is 0. The Balaban J connectivity index is 2.24. The van der Waals surface area contributed by atoms with Crippen LogP contribution >= 0.6 is 15.9 Å². The van der Waals surface area contributed by atoms with Gasteiger partial charge in [0, 0.05) is 22.6 Å². The van der Waals surface area contributed by atoms with Gasteiger partial charge in [-0.2, -0.15) is 0 Å². The first-order chi connectivity index (χ1) is 8.08. The summed E-state index contributed by atoms with van der Waals surface area (Å²) in [6.45, 7) is 0. The van der Waals surface area contributed by atoms with E-state index >= 15 is 0 Å². The van der Waals surface area contributed by atoms with Crippen LogP contribution in [0.25, 0.3) is 0 Å². The number of halogens is 1. The lowest BCUT2D eigenvalue weighted by atomic mass is 10.1. The molecular formula is C11H14BrN3O2. The van der Waals surface area contributed by atoms with Crippen molar-refractivity contribution in [1.29, 1.82) is 0 Å². The third-order valence-corrected chi connectivity index (χ3v) is 3.56. The Morgan fingerprint density at radius 3 is 2.82 bits per heavy atom. The Labute approximate surface area is 108 Å². The van der Waals surface area contributed by atoms with Crippen molar-refractivity contribution in [2.24, 2.45) is 5.73 Å². The van der Waals surface area contributed by atoms with E-state index in [9.17, 15) is 10.1 Å². The second-order valence-electron chi connectivity index (χ2n) is 4.26. The molecule has 0 bridgehead atoms. The average molecular weight is 300 g/mol. The lowest BCUT2D eigenvalue weighted by Gasteiger charge is -2.18. The van der Waals surface area contributed by atoms with Gasteiger partial charge in [-0.15, -0.1) is 0 Å². The van der Waals surface area contributed by atoms with E-state index < -0.39 is 0 Å². The summed E-state index contributed by atoms with van der Waals surface area (Å²) in [6, 6.07) is 5.09. The van der Waals surface area contributed by atoms with Gasteiger partial charge in [0.25, 0.3) is 5.69 Å². The first-order valence-corrected chi connectivity index (χ1v) is 6.33. The zero-order chi connectivity index (χ0) is 12.4. The normalized spacial score (nSPS) is 23.6. The maximum absolute atomic E-state index is 10.9. The van der Waals surface area contributed by atoms with Crippen LogP contribution in [0.3, 0.4) is 0 Å². The van der Waals surface area contributed by atoms with Gasteiger partial charge < -0.3 is 11.1 Å². The van der Waals surface area contributed by atoms with Crippen LogP contribution in [0.2, 0.25) is 0 Å².